The molecule has 0 spiro atoms. The molecule has 0 aromatic heterocycles. The molecule has 0 aromatic rings. The highest BCUT2D eigenvalue weighted by atomic mass is 16.3. The topological polar surface area (TPSA) is 35.5 Å². The molecule has 3 heteroatoms. The molecule has 0 rings (SSSR count). The third-order valence-corrected chi connectivity index (χ3v) is 2.98. The maximum Gasteiger partial charge on any atom is 0.0766 e. The van der Waals surface area contributed by atoms with E-state index in [9.17, 15) is 5.11 Å². The molecule has 0 aliphatic heterocycles. The Balaban J connectivity index is 3.37. The van der Waals surface area contributed by atoms with Gasteiger partial charge in [0.2, 0.25) is 0 Å². The van der Waals surface area contributed by atoms with Crippen LogP contribution in [0.2, 0.25) is 0 Å². The molecule has 3 nitrogen and oxygen atoms in total. The van der Waals surface area contributed by atoms with Gasteiger partial charge in [0, 0.05) is 6.54 Å². The number of nitrogens with zero attached hydrogens (tertiary/aromatic N) is 1. The van der Waals surface area contributed by atoms with E-state index in [2.05, 4.69) is 24.3 Å². The second kappa shape index (κ2) is 8.08. The SMILES string of the molecule is CCC(O)(CC)CNCCCCN(C)C. The lowest BCUT2D eigenvalue weighted by Crippen LogP contribution is -2.39. The van der Waals surface area contributed by atoms with Crippen LogP contribution in [0, 0.1) is 0 Å². The molecule has 0 radical (unpaired) electrons. The van der Waals surface area contributed by atoms with Crippen molar-refractivity contribution in [2.24, 2.45) is 0 Å². The maximum absolute atomic E-state index is 10.0. The number of hydrogen-bond donors (Lipinski definition) is 2. The van der Waals surface area contributed by atoms with Crippen LogP contribution in [0.25, 0.3) is 0 Å². The van der Waals surface area contributed by atoms with E-state index in [1.165, 1.54) is 12.8 Å². The summed E-state index contributed by atoms with van der Waals surface area (Å²) in [5.74, 6) is 0. The van der Waals surface area contributed by atoms with Gasteiger partial charge in [-0.2, -0.15) is 0 Å². The zero-order chi connectivity index (χ0) is 11.7. The molecule has 0 amide bonds. The van der Waals surface area contributed by atoms with Gasteiger partial charge < -0.3 is 15.3 Å². The highest BCUT2D eigenvalue weighted by Crippen LogP contribution is 2.12. The fraction of sp³-hybridized carbons (Fsp3) is 1.00. The van der Waals surface area contributed by atoms with Crippen molar-refractivity contribution in [1.29, 1.82) is 0 Å². The molecular formula is C12H28N2O. The molecule has 0 aromatic carbocycles. The highest BCUT2D eigenvalue weighted by molar-refractivity contribution is 4.77. The summed E-state index contributed by atoms with van der Waals surface area (Å²) in [4.78, 5) is 2.20. The Morgan fingerprint density at radius 3 is 2.20 bits per heavy atom. The van der Waals surface area contributed by atoms with Crippen LogP contribution in [0.5, 0.6) is 0 Å². The first-order valence-corrected chi connectivity index (χ1v) is 6.12. The molecule has 0 aliphatic carbocycles. The van der Waals surface area contributed by atoms with Crippen molar-refractivity contribution in [1.82, 2.24) is 10.2 Å². The summed E-state index contributed by atoms with van der Waals surface area (Å²) in [5.41, 5.74) is -0.498. The van der Waals surface area contributed by atoms with E-state index < -0.39 is 5.60 Å². The Labute approximate surface area is 94.9 Å². The van der Waals surface area contributed by atoms with Crippen LogP contribution in [-0.2, 0) is 0 Å². The van der Waals surface area contributed by atoms with Gasteiger partial charge in [-0.3, -0.25) is 0 Å². The van der Waals surface area contributed by atoms with Crippen LogP contribution in [0.4, 0.5) is 0 Å². The van der Waals surface area contributed by atoms with Gasteiger partial charge in [-0.15, -0.1) is 0 Å². The predicted octanol–water partition coefficient (Wildman–Crippen LogP) is 1.47. The Morgan fingerprint density at radius 1 is 1.13 bits per heavy atom. The lowest BCUT2D eigenvalue weighted by molar-refractivity contribution is 0.0327. The van der Waals surface area contributed by atoms with E-state index in [0.29, 0.717) is 0 Å². The molecule has 15 heavy (non-hydrogen) atoms. The van der Waals surface area contributed by atoms with Crippen LogP contribution in [0.15, 0.2) is 0 Å². The third-order valence-electron chi connectivity index (χ3n) is 2.98. The molecule has 0 fully saturated rings. The summed E-state index contributed by atoms with van der Waals surface area (Å²) in [6.07, 6.45) is 4.06. The first-order valence-electron chi connectivity index (χ1n) is 6.12. The van der Waals surface area contributed by atoms with Gasteiger partial charge in [-0.05, 0) is 52.9 Å². The van der Waals surface area contributed by atoms with Crippen LogP contribution >= 0.6 is 0 Å². The van der Waals surface area contributed by atoms with Crippen molar-refractivity contribution in [3.63, 3.8) is 0 Å². The largest absolute Gasteiger partial charge is 0.389 e. The average Bonchev–Trinajstić information content (AvgIpc) is 2.22. The first kappa shape index (κ1) is 14.9. The van der Waals surface area contributed by atoms with Gasteiger partial charge >= 0.3 is 0 Å². The monoisotopic (exact) mass is 216 g/mol. The maximum atomic E-state index is 10.0. The Hall–Kier alpha value is -0.120. The number of unbranched alkanes of at least 4 members (excludes halogenated alkanes) is 1. The van der Waals surface area contributed by atoms with Crippen molar-refractivity contribution < 1.29 is 5.11 Å². The van der Waals surface area contributed by atoms with E-state index in [-0.39, 0.29) is 0 Å². The quantitative estimate of drug-likeness (QED) is 0.573. The lowest BCUT2D eigenvalue weighted by atomic mass is 9.97. The number of hydrogen-bond acceptors (Lipinski definition) is 3. The minimum atomic E-state index is -0.498. The Morgan fingerprint density at radius 2 is 1.73 bits per heavy atom. The molecule has 0 unspecified atom stereocenters. The Bertz CT molecular complexity index is 145. The second-order valence-corrected chi connectivity index (χ2v) is 4.62. The van der Waals surface area contributed by atoms with Gasteiger partial charge in [0.05, 0.1) is 5.60 Å². The molecule has 92 valence electrons. The number of nitrogens with one attached hydrogen (secondary N) is 1. The summed E-state index contributed by atoms with van der Waals surface area (Å²) >= 11 is 0. The number of rotatable bonds is 9. The molecule has 0 bridgehead atoms. The van der Waals surface area contributed by atoms with E-state index in [1.807, 2.05) is 13.8 Å². The van der Waals surface area contributed by atoms with Gasteiger partial charge in [0.15, 0.2) is 0 Å². The summed E-state index contributed by atoms with van der Waals surface area (Å²) in [6.45, 7) is 6.96. The van der Waals surface area contributed by atoms with E-state index >= 15 is 0 Å². The van der Waals surface area contributed by atoms with E-state index in [1.54, 1.807) is 0 Å². The fourth-order valence-corrected chi connectivity index (χ4v) is 1.50. The smallest absolute Gasteiger partial charge is 0.0766 e. The van der Waals surface area contributed by atoms with Crippen molar-refractivity contribution in [2.75, 3.05) is 33.7 Å². The van der Waals surface area contributed by atoms with Crippen LogP contribution in [0.3, 0.4) is 0 Å². The molecule has 0 heterocycles. The molecule has 0 aliphatic rings. The van der Waals surface area contributed by atoms with Crippen molar-refractivity contribution >= 4 is 0 Å². The zero-order valence-corrected chi connectivity index (χ0v) is 10.8. The van der Waals surface area contributed by atoms with Crippen molar-refractivity contribution in [3.8, 4) is 0 Å². The van der Waals surface area contributed by atoms with Crippen LogP contribution in [-0.4, -0.2) is 49.3 Å². The van der Waals surface area contributed by atoms with E-state index in [4.69, 9.17) is 0 Å². The molecule has 2 N–H and O–H groups in total. The zero-order valence-electron chi connectivity index (χ0n) is 10.8. The average molecular weight is 216 g/mol. The predicted molar refractivity (Wildman–Crippen MR) is 66.2 cm³/mol. The summed E-state index contributed by atoms with van der Waals surface area (Å²) < 4.78 is 0. The summed E-state index contributed by atoms with van der Waals surface area (Å²) in [7, 11) is 4.20. The first-order chi connectivity index (χ1) is 7.04. The lowest BCUT2D eigenvalue weighted by Gasteiger charge is -2.25. The number of aliphatic hydroxyl groups is 1. The van der Waals surface area contributed by atoms with E-state index in [0.717, 1.165) is 32.5 Å². The summed E-state index contributed by atoms with van der Waals surface area (Å²) in [5, 5.41) is 13.3. The normalized spacial score (nSPS) is 12.4. The van der Waals surface area contributed by atoms with Crippen LogP contribution < -0.4 is 5.32 Å². The highest BCUT2D eigenvalue weighted by Gasteiger charge is 2.20. The summed E-state index contributed by atoms with van der Waals surface area (Å²) in [6, 6.07) is 0. The molecule has 0 saturated carbocycles. The second-order valence-electron chi connectivity index (χ2n) is 4.62. The van der Waals surface area contributed by atoms with Gasteiger partial charge in [0.25, 0.3) is 0 Å². The molecule has 0 saturated heterocycles. The minimum Gasteiger partial charge on any atom is -0.389 e. The molecular weight excluding hydrogens is 188 g/mol. The third kappa shape index (κ3) is 7.77. The minimum absolute atomic E-state index is 0.498. The van der Waals surface area contributed by atoms with Gasteiger partial charge in [-0.25, -0.2) is 0 Å². The van der Waals surface area contributed by atoms with Crippen molar-refractivity contribution in [3.05, 3.63) is 0 Å². The fourth-order valence-electron chi connectivity index (χ4n) is 1.50. The Kier molecular flexibility index (Phi) is 8.02. The van der Waals surface area contributed by atoms with Gasteiger partial charge in [-0.1, -0.05) is 13.8 Å². The molecule has 0 atom stereocenters. The van der Waals surface area contributed by atoms with Crippen molar-refractivity contribution in [2.45, 2.75) is 45.1 Å². The van der Waals surface area contributed by atoms with Crippen LogP contribution in [0.1, 0.15) is 39.5 Å². The van der Waals surface area contributed by atoms with Gasteiger partial charge in [0.1, 0.15) is 0 Å². The standard InChI is InChI=1S/C12H28N2O/c1-5-12(15,6-2)11-13-9-7-8-10-14(3)4/h13,15H,5-11H2,1-4H3.